The van der Waals surface area contributed by atoms with Crippen LogP contribution in [0.4, 0.5) is 5.69 Å². The summed E-state index contributed by atoms with van der Waals surface area (Å²) in [5, 5.41) is 0. The smallest absolute Gasteiger partial charge is 0.116 e. The van der Waals surface area contributed by atoms with E-state index in [1.54, 1.807) is 0 Å². The monoisotopic (exact) mass is 349 g/mol. The van der Waals surface area contributed by atoms with E-state index in [0.29, 0.717) is 0 Å². The second-order valence-electron chi connectivity index (χ2n) is 6.70. The van der Waals surface area contributed by atoms with Gasteiger partial charge in [-0.25, -0.2) is 0 Å². The maximum atomic E-state index is 2.38. The van der Waals surface area contributed by atoms with Crippen molar-refractivity contribution in [3.8, 4) is 0 Å². The van der Waals surface area contributed by atoms with E-state index in [1.165, 1.54) is 22.4 Å². The molecule has 132 valence electrons. The number of rotatable bonds is 5. The molecule has 0 amide bonds. The summed E-state index contributed by atoms with van der Waals surface area (Å²) in [4.78, 5) is 2.38. The first-order valence-corrected chi connectivity index (χ1v) is 9.29. The van der Waals surface area contributed by atoms with Gasteiger partial charge in [-0.2, -0.15) is 0 Å². The third-order valence-electron chi connectivity index (χ3n) is 5.22. The van der Waals surface area contributed by atoms with E-state index in [9.17, 15) is 0 Å². The lowest BCUT2D eigenvalue weighted by Gasteiger charge is -2.45. The van der Waals surface area contributed by atoms with Gasteiger partial charge in [0.25, 0.3) is 0 Å². The lowest BCUT2D eigenvalue weighted by Crippen LogP contribution is -2.46. The Hall–Kier alpha value is -3.32. The summed E-state index contributed by atoms with van der Waals surface area (Å²) in [5.74, 6) is 0. The van der Waals surface area contributed by atoms with Crippen LogP contribution in [-0.2, 0) is 5.54 Å². The molecule has 0 atom stereocenters. The molecule has 1 nitrogen and oxygen atoms in total. The molecule has 4 aromatic carbocycles. The summed E-state index contributed by atoms with van der Waals surface area (Å²) >= 11 is 0. The standard InChI is InChI=1S/C26H23N/c1-27(25-20-12-5-13-21-25)26(22-14-6-2-7-15-22,23-16-8-3-9-17-23)24-18-10-4-11-19-24/h2-21H,1H3. The predicted octanol–water partition coefficient (Wildman–Crippen LogP) is 6.11. The van der Waals surface area contributed by atoms with Crippen molar-refractivity contribution >= 4 is 5.69 Å². The van der Waals surface area contributed by atoms with E-state index in [-0.39, 0.29) is 0 Å². The Labute approximate surface area is 161 Å². The van der Waals surface area contributed by atoms with Crippen molar-refractivity contribution in [1.29, 1.82) is 0 Å². The van der Waals surface area contributed by atoms with Crippen LogP contribution in [0.5, 0.6) is 0 Å². The minimum Gasteiger partial charge on any atom is -0.357 e. The van der Waals surface area contributed by atoms with E-state index in [0.717, 1.165) is 0 Å². The fourth-order valence-electron chi connectivity index (χ4n) is 3.96. The normalized spacial score (nSPS) is 11.1. The fraction of sp³-hybridized carbons (Fsp3) is 0.0769. The second-order valence-corrected chi connectivity index (χ2v) is 6.70. The van der Waals surface area contributed by atoms with Gasteiger partial charge < -0.3 is 4.90 Å². The number of hydrogen-bond donors (Lipinski definition) is 0. The number of benzene rings is 4. The average Bonchev–Trinajstić information content (AvgIpc) is 2.77. The molecule has 4 rings (SSSR count). The zero-order chi connectivity index (χ0) is 18.5. The maximum absolute atomic E-state index is 2.38. The van der Waals surface area contributed by atoms with Crippen LogP contribution in [0.1, 0.15) is 16.7 Å². The van der Waals surface area contributed by atoms with Crippen LogP contribution in [0.25, 0.3) is 0 Å². The summed E-state index contributed by atoms with van der Waals surface area (Å²) in [5.41, 5.74) is 4.48. The van der Waals surface area contributed by atoms with Gasteiger partial charge in [0.2, 0.25) is 0 Å². The van der Waals surface area contributed by atoms with Gasteiger partial charge in [0.15, 0.2) is 0 Å². The van der Waals surface area contributed by atoms with Crippen LogP contribution in [0.3, 0.4) is 0 Å². The molecule has 0 spiro atoms. The topological polar surface area (TPSA) is 3.24 Å². The molecule has 0 radical (unpaired) electrons. The first-order valence-electron chi connectivity index (χ1n) is 9.29. The first kappa shape index (κ1) is 17.1. The van der Waals surface area contributed by atoms with Crippen LogP contribution < -0.4 is 4.90 Å². The number of hydrogen-bond acceptors (Lipinski definition) is 1. The Morgan fingerprint density at radius 3 is 1.07 bits per heavy atom. The van der Waals surface area contributed by atoms with E-state index < -0.39 is 5.54 Å². The summed E-state index contributed by atoms with van der Waals surface area (Å²) in [6.45, 7) is 0. The van der Waals surface area contributed by atoms with Crippen molar-refractivity contribution in [2.75, 3.05) is 11.9 Å². The highest BCUT2D eigenvalue weighted by molar-refractivity contribution is 5.61. The molecule has 1 heteroatoms. The fourth-order valence-corrected chi connectivity index (χ4v) is 3.96. The van der Waals surface area contributed by atoms with Gasteiger partial charge in [0.05, 0.1) is 0 Å². The van der Waals surface area contributed by atoms with Crippen molar-refractivity contribution in [1.82, 2.24) is 0 Å². The highest BCUT2D eigenvalue weighted by Gasteiger charge is 2.40. The van der Waals surface area contributed by atoms with Gasteiger partial charge in [-0.05, 0) is 28.8 Å². The van der Waals surface area contributed by atoms with Gasteiger partial charge in [-0.1, -0.05) is 109 Å². The molecular weight excluding hydrogens is 326 g/mol. The van der Waals surface area contributed by atoms with E-state index >= 15 is 0 Å². The van der Waals surface area contributed by atoms with Gasteiger partial charge in [-0.3, -0.25) is 0 Å². The van der Waals surface area contributed by atoms with Crippen LogP contribution in [0, 0.1) is 0 Å². The van der Waals surface area contributed by atoms with E-state index in [4.69, 9.17) is 0 Å². The highest BCUT2D eigenvalue weighted by Crippen LogP contribution is 2.43. The number of anilines is 1. The van der Waals surface area contributed by atoms with E-state index in [1.807, 2.05) is 0 Å². The maximum Gasteiger partial charge on any atom is 0.116 e. The summed E-state index contributed by atoms with van der Waals surface area (Å²) in [6, 6.07) is 42.9. The zero-order valence-electron chi connectivity index (χ0n) is 15.5. The Morgan fingerprint density at radius 1 is 0.444 bits per heavy atom. The number of para-hydroxylation sites is 1. The van der Waals surface area contributed by atoms with Gasteiger partial charge in [0, 0.05) is 12.7 Å². The lowest BCUT2D eigenvalue weighted by atomic mass is 9.75. The molecule has 0 aliphatic heterocycles. The molecule has 0 bridgehead atoms. The second kappa shape index (κ2) is 7.51. The first-order chi connectivity index (χ1) is 13.3. The molecule has 0 saturated carbocycles. The SMILES string of the molecule is CN(c1ccccc1)C(c1ccccc1)(c1ccccc1)c1ccccc1. The third kappa shape index (κ3) is 3.02. The Balaban J connectivity index is 2.07. The Bertz CT molecular complexity index is 867. The third-order valence-corrected chi connectivity index (χ3v) is 5.22. The average molecular weight is 349 g/mol. The molecular formula is C26H23N. The highest BCUT2D eigenvalue weighted by atomic mass is 15.2. The molecule has 0 aliphatic carbocycles. The van der Waals surface area contributed by atoms with Crippen LogP contribution in [0.15, 0.2) is 121 Å². The number of nitrogens with zero attached hydrogens (tertiary/aromatic N) is 1. The molecule has 0 heterocycles. The summed E-state index contributed by atoms with van der Waals surface area (Å²) < 4.78 is 0. The summed E-state index contributed by atoms with van der Waals surface area (Å²) in [7, 11) is 2.18. The quantitative estimate of drug-likeness (QED) is 0.393. The minimum absolute atomic E-state index is 0.425. The molecule has 0 unspecified atom stereocenters. The zero-order valence-corrected chi connectivity index (χ0v) is 15.5. The van der Waals surface area contributed by atoms with Crippen LogP contribution in [0.2, 0.25) is 0 Å². The van der Waals surface area contributed by atoms with Gasteiger partial charge in [0.1, 0.15) is 5.54 Å². The van der Waals surface area contributed by atoms with Crippen molar-refractivity contribution in [3.63, 3.8) is 0 Å². The molecule has 27 heavy (non-hydrogen) atoms. The predicted molar refractivity (Wildman–Crippen MR) is 114 cm³/mol. The van der Waals surface area contributed by atoms with Crippen molar-refractivity contribution in [3.05, 3.63) is 138 Å². The van der Waals surface area contributed by atoms with Crippen LogP contribution in [-0.4, -0.2) is 7.05 Å². The van der Waals surface area contributed by atoms with Gasteiger partial charge in [-0.15, -0.1) is 0 Å². The largest absolute Gasteiger partial charge is 0.357 e. The Morgan fingerprint density at radius 2 is 0.741 bits per heavy atom. The van der Waals surface area contributed by atoms with Gasteiger partial charge >= 0.3 is 0 Å². The molecule has 4 aromatic rings. The van der Waals surface area contributed by atoms with Crippen molar-refractivity contribution in [2.24, 2.45) is 0 Å². The Kier molecular flexibility index (Phi) is 4.76. The molecule has 0 aromatic heterocycles. The van der Waals surface area contributed by atoms with Crippen LogP contribution >= 0.6 is 0 Å². The lowest BCUT2D eigenvalue weighted by molar-refractivity contribution is 0.601. The van der Waals surface area contributed by atoms with Crippen molar-refractivity contribution < 1.29 is 0 Å². The van der Waals surface area contributed by atoms with E-state index in [2.05, 4.69) is 133 Å². The summed E-state index contributed by atoms with van der Waals surface area (Å²) in [6.07, 6.45) is 0. The molecule has 0 N–H and O–H groups in total. The molecule has 0 aliphatic rings. The minimum atomic E-state index is -0.425. The van der Waals surface area contributed by atoms with Crippen molar-refractivity contribution in [2.45, 2.75) is 5.54 Å². The molecule has 0 fully saturated rings. The molecule has 0 saturated heterocycles.